The van der Waals surface area contributed by atoms with Crippen LogP contribution in [0.25, 0.3) is 0 Å². The van der Waals surface area contributed by atoms with Crippen LogP contribution in [0.4, 0.5) is 0 Å². The van der Waals surface area contributed by atoms with Crippen LogP contribution in [0.2, 0.25) is 0 Å². The van der Waals surface area contributed by atoms with E-state index in [1.807, 2.05) is 30.3 Å². The van der Waals surface area contributed by atoms with Crippen molar-refractivity contribution in [3.63, 3.8) is 0 Å². The highest BCUT2D eigenvalue weighted by Crippen LogP contribution is 2.33. The average Bonchev–Trinajstić information content (AvgIpc) is 2.51. The molecule has 0 amide bonds. The molecule has 20 heavy (non-hydrogen) atoms. The minimum Gasteiger partial charge on any atom is -0.387 e. The molecule has 2 saturated heterocycles. The Morgan fingerprint density at radius 1 is 1.10 bits per heavy atom. The highest BCUT2D eigenvalue weighted by molar-refractivity contribution is 5.16. The molecule has 3 rings (SSSR count). The van der Waals surface area contributed by atoms with E-state index in [0.29, 0.717) is 0 Å². The molecule has 0 aromatic heterocycles. The number of rotatable bonds is 2. The molecule has 1 aromatic rings. The Hall–Kier alpha value is -1.02. The summed E-state index contributed by atoms with van der Waals surface area (Å²) in [6.45, 7) is 0.272. The quantitative estimate of drug-likeness (QED) is 0.806. The van der Waals surface area contributed by atoms with E-state index in [4.69, 9.17) is 18.9 Å². The van der Waals surface area contributed by atoms with Crippen molar-refractivity contribution in [1.82, 2.24) is 0 Å². The lowest BCUT2D eigenvalue weighted by molar-refractivity contribution is -0.358. The van der Waals surface area contributed by atoms with Gasteiger partial charge < -0.3 is 29.2 Å². The van der Waals surface area contributed by atoms with Gasteiger partial charge >= 0.3 is 0 Å². The van der Waals surface area contributed by atoms with E-state index in [2.05, 4.69) is 0 Å². The summed E-state index contributed by atoms with van der Waals surface area (Å²) in [5, 5.41) is 20.1. The number of hydrogen-bond donors (Lipinski definition) is 2. The normalized spacial score (nSPS) is 41.1. The van der Waals surface area contributed by atoms with Gasteiger partial charge in [-0.2, -0.15) is 0 Å². The van der Waals surface area contributed by atoms with Gasteiger partial charge in [-0.1, -0.05) is 30.3 Å². The Bertz CT molecular complexity index is 437. The van der Waals surface area contributed by atoms with Crippen molar-refractivity contribution in [3.8, 4) is 0 Å². The number of aliphatic hydroxyl groups is 2. The van der Waals surface area contributed by atoms with Gasteiger partial charge in [-0.25, -0.2) is 0 Å². The Morgan fingerprint density at radius 3 is 2.55 bits per heavy atom. The van der Waals surface area contributed by atoms with Crippen LogP contribution in [-0.4, -0.2) is 54.6 Å². The number of benzene rings is 1. The van der Waals surface area contributed by atoms with E-state index >= 15 is 0 Å². The lowest BCUT2D eigenvalue weighted by Gasteiger charge is -2.45. The number of hydrogen-bond acceptors (Lipinski definition) is 6. The third kappa shape index (κ3) is 2.46. The zero-order valence-corrected chi connectivity index (χ0v) is 11.1. The number of fused-ring (bicyclic) bond motifs is 1. The first-order valence-electron chi connectivity index (χ1n) is 6.57. The molecule has 110 valence electrons. The summed E-state index contributed by atoms with van der Waals surface area (Å²) in [5.41, 5.74) is 0.863. The second-order valence-corrected chi connectivity index (χ2v) is 4.94. The van der Waals surface area contributed by atoms with Crippen LogP contribution in [-0.2, 0) is 18.9 Å². The summed E-state index contributed by atoms with van der Waals surface area (Å²) in [6, 6.07) is 9.45. The van der Waals surface area contributed by atoms with Crippen LogP contribution in [0.15, 0.2) is 30.3 Å². The van der Waals surface area contributed by atoms with Gasteiger partial charge in [0.1, 0.15) is 24.4 Å². The molecule has 2 aliphatic rings. The Morgan fingerprint density at radius 2 is 1.85 bits per heavy atom. The fourth-order valence-corrected chi connectivity index (χ4v) is 2.55. The maximum atomic E-state index is 10.1. The molecular formula is C14H18O6. The van der Waals surface area contributed by atoms with Crippen LogP contribution in [0.3, 0.4) is 0 Å². The maximum Gasteiger partial charge on any atom is 0.186 e. The largest absolute Gasteiger partial charge is 0.387 e. The van der Waals surface area contributed by atoms with Gasteiger partial charge in [0, 0.05) is 12.7 Å². The molecule has 6 atom stereocenters. The summed E-state index contributed by atoms with van der Waals surface area (Å²) >= 11 is 0. The average molecular weight is 282 g/mol. The molecule has 6 heteroatoms. The molecule has 6 nitrogen and oxygen atoms in total. The van der Waals surface area contributed by atoms with Crippen LogP contribution >= 0.6 is 0 Å². The highest BCUT2D eigenvalue weighted by Gasteiger charge is 2.48. The topological polar surface area (TPSA) is 77.4 Å². The van der Waals surface area contributed by atoms with Crippen molar-refractivity contribution >= 4 is 0 Å². The minimum atomic E-state index is -1.14. The maximum absolute atomic E-state index is 10.1. The van der Waals surface area contributed by atoms with E-state index in [9.17, 15) is 10.2 Å². The van der Waals surface area contributed by atoms with E-state index in [-0.39, 0.29) is 6.61 Å². The van der Waals surface area contributed by atoms with Gasteiger partial charge in [-0.15, -0.1) is 0 Å². The summed E-state index contributed by atoms with van der Waals surface area (Å²) < 4.78 is 21.9. The summed E-state index contributed by atoms with van der Waals surface area (Å²) in [5.74, 6) is 0. The van der Waals surface area contributed by atoms with Crippen molar-refractivity contribution in [1.29, 1.82) is 0 Å². The molecule has 0 saturated carbocycles. The number of aliphatic hydroxyl groups excluding tert-OH is 2. The van der Waals surface area contributed by atoms with E-state index < -0.39 is 37.0 Å². The SMILES string of the molecule is CO[C@@H]1O[C@@H]2COC(c3ccccc3)O[C@@H]2[C@H](O)[C@@H]1O. The lowest BCUT2D eigenvalue weighted by Crippen LogP contribution is -2.62. The fraction of sp³-hybridized carbons (Fsp3) is 0.571. The molecule has 2 N–H and O–H groups in total. The molecule has 2 fully saturated rings. The van der Waals surface area contributed by atoms with Crippen LogP contribution in [0.5, 0.6) is 0 Å². The van der Waals surface area contributed by atoms with Crippen molar-refractivity contribution in [2.75, 3.05) is 13.7 Å². The zero-order chi connectivity index (χ0) is 14.1. The predicted octanol–water partition coefficient (Wildman–Crippen LogP) is 0.194. The molecule has 0 bridgehead atoms. The predicted molar refractivity (Wildman–Crippen MR) is 67.7 cm³/mol. The molecule has 0 spiro atoms. The molecule has 2 aliphatic heterocycles. The zero-order valence-electron chi connectivity index (χ0n) is 11.1. The Labute approximate surface area is 116 Å². The summed E-state index contributed by atoms with van der Waals surface area (Å²) in [6.07, 6.45) is -4.76. The minimum absolute atomic E-state index is 0.272. The lowest BCUT2D eigenvalue weighted by atomic mass is 9.98. The summed E-state index contributed by atoms with van der Waals surface area (Å²) in [4.78, 5) is 0. The van der Waals surface area contributed by atoms with Crippen LogP contribution in [0, 0.1) is 0 Å². The third-order valence-electron chi connectivity index (χ3n) is 3.64. The van der Waals surface area contributed by atoms with E-state index in [1.54, 1.807) is 0 Å². The van der Waals surface area contributed by atoms with Gasteiger partial charge in [0.15, 0.2) is 12.6 Å². The molecule has 0 aliphatic carbocycles. The first-order valence-corrected chi connectivity index (χ1v) is 6.57. The number of methoxy groups -OCH3 is 1. The molecule has 2 heterocycles. The summed E-state index contributed by atoms with van der Waals surface area (Å²) in [7, 11) is 1.41. The van der Waals surface area contributed by atoms with Gasteiger partial charge in [0.25, 0.3) is 0 Å². The van der Waals surface area contributed by atoms with Gasteiger partial charge in [-0.3, -0.25) is 0 Å². The Kier molecular flexibility index (Phi) is 4.02. The number of ether oxygens (including phenoxy) is 4. The first kappa shape index (κ1) is 13.9. The standard InChI is InChI=1S/C14H18O6/c1-17-14-11(16)10(15)12-9(19-14)7-18-13(20-12)8-5-3-2-4-6-8/h2-6,9-16H,7H2,1H3/t9-,10-,11+,12+,13?,14-/m1/s1. The van der Waals surface area contributed by atoms with Crippen molar-refractivity contribution < 1.29 is 29.2 Å². The van der Waals surface area contributed by atoms with Gasteiger partial charge in [0.05, 0.1) is 6.61 Å². The smallest absolute Gasteiger partial charge is 0.186 e. The van der Waals surface area contributed by atoms with Crippen LogP contribution < -0.4 is 0 Å². The molecule has 0 radical (unpaired) electrons. The Balaban J connectivity index is 1.74. The molecular weight excluding hydrogens is 264 g/mol. The monoisotopic (exact) mass is 282 g/mol. The molecule has 1 aromatic carbocycles. The fourth-order valence-electron chi connectivity index (χ4n) is 2.55. The second-order valence-electron chi connectivity index (χ2n) is 4.94. The highest BCUT2D eigenvalue weighted by atomic mass is 16.7. The van der Waals surface area contributed by atoms with Crippen molar-refractivity contribution in [2.24, 2.45) is 0 Å². The van der Waals surface area contributed by atoms with E-state index in [0.717, 1.165) is 5.56 Å². The van der Waals surface area contributed by atoms with Gasteiger partial charge in [-0.05, 0) is 0 Å². The van der Waals surface area contributed by atoms with Crippen molar-refractivity contribution in [2.45, 2.75) is 37.0 Å². The van der Waals surface area contributed by atoms with Crippen molar-refractivity contribution in [3.05, 3.63) is 35.9 Å². The third-order valence-corrected chi connectivity index (χ3v) is 3.64. The molecule has 1 unspecified atom stereocenters. The first-order chi connectivity index (χ1) is 9.70. The second kappa shape index (κ2) is 5.77. The van der Waals surface area contributed by atoms with E-state index in [1.165, 1.54) is 7.11 Å². The van der Waals surface area contributed by atoms with Crippen LogP contribution in [0.1, 0.15) is 11.9 Å². The van der Waals surface area contributed by atoms with Gasteiger partial charge in [0.2, 0.25) is 0 Å².